The Morgan fingerprint density at radius 2 is 1.62 bits per heavy atom. The van der Waals surface area contributed by atoms with E-state index in [2.05, 4.69) is 10.6 Å². The Morgan fingerprint density at radius 3 is 2.19 bits per heavy atom. The summed E-state index contributed by atoms with van der Waals surface area (Å²) in [5, 5.41) is 5.51. The van der Waals surface area contributed by atoms with Gasteiger partial charge in [-0.2, -0.15) is 0 Å². The van der Waals surface area contributed by atoms with Crippen LogP contribution < -0.4 is 10.6 Å². The zero-order valence-electron chi connectivity index (χ0n) is 11.7. The van der Waals surface area contributed by atoms with Crippen LogP contribution in [0.1, 0.15) is 38.5 Å². The van der Waals surface area contributed by atoms with Gasteiger partial charge < -0.3 is 10.6 Å². The quantitative estimate of drug-likeness (QED) is 0.661. The highest BCUT2D eigenvalue weighted by Crippen LogP contribution is 2.18. The highest BCUT2D eigenvalue weighted by atomic mass is 19.2. The largest absolute Gasteiger partial charge is 0.376 e. The van der Waals surface area contributed by atoms with Gasteiger partial charge >= 0.3 is 0 Å². The highest BCUT2D eigenvalue weighted by Gasteiger charge is 2.15. The summed E-state index contributed by atoms with van der Waals surface area (Å²) < 4.78 is 38.9. The minimum atomic E-state index is -1.51. The van der Waals surface area contributed by atoms with E-state index >= 15 is 0 Å². The number of carbonyl (C=O) groups is 1. The van der Waals surface area contributed by atoms with E-state index in [1.54, 1.807) is 0 Å². The lowest BCUT2D eigenvalue weighted by molar-refractivity contribution is -0.120. The van der Waals surface area contributed by atoms with Gasteiger partial charge in [0.1, 0.15) is 0 Å². The average Bonchev–Trinajstić information content (AvgIpc) is 2.71. The van der Waals surface area contributed by atoms with Crippen LogP contribution in [0.2, 0.25) is 0 Å². The standard InChI is InChI=1S/C15H19F3N2O/c16-12-7-11(8-13(17)15(12)18)19-9-14(21)20-10-5-3-1-2-4-6-10/h7-8,10,19H,1-6,9H2,(H,20,21). The van der Waals surface area contributed by atoms with Gasteiger partial charge in [-0.25, -0.2) is 13.2 Å². The first-order valence-corrected chi connectivity index (χ1v) is 7.24. The van der Waals surface area contributed by atoms with Gasteiger partial charge in [-0.3, -0.25) is 4.79 Å². The Morgan fingerprint density at radius 1 is 1.05 bits per heavy atom. The number of hydrogen-bond acceptors (Lipinski definition) is 2. The van der Waals surface area contributed by atoms with Crippen molar-refractivity contribution < 1.29 is 18.0 Å². The van der Waals surface area contributed by atoms with E-state index in [1.807, 2.05) is 0 Å². The number of carbonyl (C=O) groups excluding carboxylic acids is 1. The summed E-state index contributed by atoms with van der Waals surface area (Å²) in [4.78, 5) is 11.8. The molecule has 0 heterocycles. The molecule has 21 heavy (non-hydrogen) atoms. The van der Waals surface area contributed by atoms with Gasteiger partial charge in [0.05, 0.1) is 6.54 Å². The van der Waals surface area contributed by atoms with Crippen LogP contribution in [-0.2, 0) is 4.79 Å². The van der Waals surface area contributed by atoms with Crippen LogP contribution in [0.25, 0.3) is 0 Å². The molecule has 1 aliphatic rings. The van der Waals surface area contributed by atoms with E-state index < -0.39 is 17.5 Å². The molecular weight excluding hydrogens is 281 g/mol. The van der Waals surface area contributed by atoms with Gasteiger partial charge in [0.25, 0.3) is 0 Å². The molecule has 0 saturated heterocycles. The summed E-state index contributed by atoms with van der Waals surface area (Å²) in [6, 6.07) is 1.83. The molecule has 2 N–H and O–H groups in total. The van der Waals surface area contributed by atoms with Gasteiger partial charge in [0, 0.05) is 23.9 Å². The van der Waals surface area contributed by atoms with Crippen LogP contribution >= 0.6 is 0 Å². The van der Waals surface area contributed by atoms with Gasteiger partial charge in [-0.15, -0.1) is 0 Å². The van der Waals surface area contributed by atoms with Crippen molar-refractivity contribution in [1.29, 1.82) is 0 Å². The average molecular weight is 300 g/mol. The van der Waals surface area contributed by atoms with E-state index in [0.717, 1.165) is 37.8 Å². The van der Waals surface area contributed by atoms with Crippen molar-refractivity contribution in [3.8, 4) is 0 Å². The molecule has 1 aromatic carbocycles. The smallest absolute Gasteiger partial charge is 0.239 e. The second kappa shape index (κ2) is 7.33. The van der Waals surface area contributed by atoms with E-state index in [1.165, 1.54) is 12.8 Å². The van der Waals surface area contributed by atoms with Crippen molar-refractivity contribution in [1.82, 2.24) is 5.32 Å². The fourth-order valence-electron chi connectivity index (χ4n) is 2.54. The SMILES string of the molecule is O=C(CNc1cc(F)c(F)c(F)c1)NC1CCCCCC1. The third kappa shape index (κ3) is 4.65. The van der Waals surface area contributed by atoms with Gasteiger partial charge in [0.15, 0.2) is 17.5 Å². The molecule has 0 atom stereocenters. The number of rotatable bonds is 4. The molecule has 0 unspecified atom stereocenters. The number of amides is 1. The number of halogens is 3. The van der Waals surface area contributed by atoms with Crippen molar-refractivity contribution in [3.63, 3.8) is 0 Å². The molecule has 6 heteroatoms. The van der Waals surface area contributed by atoms with Gasteiger partial charge in [-0.05, 0) is 12.8 Å². The minimum Gasteiger partial charge on any atom is -0.376 e. The lowest BCUT2D eigenvalue weighted by atomic mass is 10.1. The molecule has 0 spiro atoms. The Balaban J connectivity index is 1.83. The van der Waals surface area contributed by atoms with Gasteiger partial charge in [0.2, 0.25) is 5.91 Å². The molecular formula is C15H19F3N2O. The molecule has 1 fully saturated rings. The molecule has 1 aromatic rings. The first-order chi connectivity index (χ1) is 10.1. The second-order valence-corrected chi connectivity index (χ2v) is 5.36. The van der Waals surface area contributed by atoms with Gasteiger partial charge in [-0.1, -0.05) is 25.7 Å². The molecule has 116 valence electrons. The molecule has 1 amide bonds. The fourth-order valence-corrected chi connectivity index (χ4v) is 2.54. The summed E-state index contributed by atoms with van der Waals surface area (Å²) >= 11 is 0. The monoisotopic (exact) mass is 300 g/mol. The second-order valence-electron chi connectivity index (χ2n) is 5.36. The molecule has 0 radical (unpaired) electrons. The lowest BCUT2D eigenvalue weighted by Crippen LogP contribution is -2.38. The van der Waals surface area contributed by atoms with Crippen molar-refractivity contribution in [2.75, 3.05) is 11.9 Å². The third-order valence-corrected chi connectivity index (χ3v) is 3.66. The molecule has 3 nitrogen and oxygen atoms in total. The van der Waals surface area contributed by atoms with Crippen LogP contribution in [0.15, 0.2) is 12.1 Å². The number of anilines is 1. The van der Waals surface area contributed by atoms with Crippen LogP contribution in [-0.4, -0.2) is 18.5 Å². The minimum absolute atomic E-state index is 0.0439. The molecule has 0 bridgehead atoms. The first kappa shape index (κ1) is 15.7. The summed E-state index contributed by atoms with van der Waals surface area (Å²) in [5.41, 5.74) is 0.0439. The lowest BCUT2D eigenvalue weighted by Gasteiger charge is -2.16. The van der Waals surface area contributed by atoms with Crippen molar-refractivity contribution >= 4 is 11.6 Å². The summed E-state index contributed by atoms with van der Waals surface area (Å²) in [6.45, 7) is -0.0962. The topological polar surface area (TPSA) is 41.1 Å². The predicted octanol–water partition coefficient (Wildman–Crippen LogP) is 3.35. The van der Waals surface area contributed by atoms with E-state index in [0.29, 0.717) is 0 Å². The van der Waals surface area contributed by atoms with Crippen LogP contribution in [0.5, 0.6) is 0 Å². The van der Waals surface area contributed by atoms with Crippen molar-refractivity contribution in [2.45, 2.75) is 44.6 Å². The molecule has 1 aliphatic carbocycles. The third-order valence-electron chi connectivity index (χ3n) is 3.66. The number of hydrogen-bond donors (Lipinski definition) is 2. The summed E-state index contributed by atoms with van der Waals surface area (Å²) in [6.07, 6.45) is 6.52. The van der Waals surface area contributed by atoms with Crippen LogP contribution in [0, 0.1) is 17.5 Å². The zero-order chi connectivity index (χ0) is 15.2. The number of nitrogens with one attached hydrogen (secondary N) is 2. The normalized spacial score (nSPS) is 16.3. The first-order valence-electron chi connectivity index (χ1n) is 7.24. The highest BCUT2D eigenvalue weighted by molar-refractivity contribution is 5.80. The maximum absolute atomic E-state index is 13.0. The van der Waals surface area contributed by atoms with Crippen molar-refractivity contribution in [2.24, 2.45) is 0 Å². The van der Waals surface area contributed by atoms with E-state index in [9.17, 15) is 18.0 Å². The Bertz CT molecular complexity index is 477. The maximum Gasteiger partial charge on any atom is 0.239 e. The molecule has 0 aliphatic heterocycles. The Labute approximate surface area is 121 Å². The molecule has 1 saturated carbocycles. The maximum atomic E-state index is 13.0. The predicted molar refractivity (Wildman–Crippen MR) is 74.4 cm³/mol. The van der Waals surface area contributed by atoms with E-state index in [4.69, 9.17) is 0 Å². The van der Waals surface area contributed by atoms with Crippen LogP contribution in [0.4, 0.5) is 18.9 Å². The summed E-state index contributed by atoms with van der Waals surface area (Å²) in [5.74, 6) is -4.29. The molecule has 0 aromatic heterocycles. The Kier molecular flexibility index (Phi) is 5.47. The van der Waals surface area contributed by atoms with Crippen molar-refractivity contribution in [3.05, 3.63) is 29.6 Å². The zero-order valence-corrected chi connectivity index (χ0v) is 11.7. The summed E-state index contributed by atoms with van der Waals surface area (Å²) in [7, 11) is 0. The van der Waals surface area contributed by atoms with E-state index in [-0.39, 0.29) is 24.2 Å². The van der Waals surface area contributed by atoms with Crippen LogP contribution in [0.3, 0.4) is 0 Å². The number of benzene rings is 1. The Hall–Kier alpha value is -1.72. The molecule has 2 rings (SSSR count). The fraction of sp³-hybridized carbons (Fsp3) is 0.533.